The number of aromatic nitrogens is 1. The maximum Gasteiger partial charge on any atom is 0.133 e. The van der Waals surface area contributed by atoms with Gasteiger partial charge in [-0.05, 0) is 31.6 Å². The van der Waals surface area contributed by atoms with Gasteiger partial charge in [-0.1, -0.05) is 13.0 Å². The summed E-state index contributed by atoms with van der Waals surface area (Å²) in [7, 11) is 2.17. The standard InChI is InChI=1S/C15H25N3S/c1-4-14(11-19-3)18(2)15-12(6-5-9-16-15)10-17-13-7-8-13/h5-6,9,13-14,17H,4,7-8,10-11H2,1-3H3. The lowest BCUT2D eigenvalue weighted by molar-refractivity contribution is 0.648. The second-order valence-electron chi connectivity index (χ2n) is 5.27. The number of hydrogen-bond acceptors (Lipinski definition) is 4. The molecule has 0 aliphatic heterocycles. The summed E-state index contributed by atoms with van der Waals surface area (Å²) in [5.41, 5.74) is 1.32. The Bertz CT molecular complexity index is 393. The minimum atomic E-state index is 0.560. The quantitative estimate of drug-likeness (QED) is 0.792. The van der Waals surface area contributed by atoms with Gasteiger partial charge >= 0.3 is 0 Å². The lowest BCUT2D eigenvalue weighted by atomic mass is 10.2. The van der Waals surface area contributed by atoms with E-state index < -0.39 is 0 Å². The fourth-order valence-corrected chi connectivity index (χ4v) is 3.14. The van der Waals surface area contributed by atoms with E-state index in [1.165, 1.54) is 18.4 Å². The lowest BCUT2D eigenvalue weighted by Crippen LogP contribution is -2.35. The van der Waals surface area contributed by atoms with E-state index in [0.717, 1.165) is 30.6 Å². The number of nitrogens with zero attached hydrogens (tertiary/aromatic N) is 2. The van der Waals surface area contributed by atoms with Gasteiger partial charge in [0.25, 0.3) is 0 Å². The molecule has 1 heterocycles. The van der Waals surface area contributed by atoms with Gasteiger partial charge in [-0.15, -0.1) is 0 Å². The molecular weight excluding hydrogens is 254 g/mol. The van der Waals surface area contributed by atoms with Gasteiger partial charge in [-0.2, -0.15) is 11.8 Å². The Labute approximate surface area is 121 Å². The van der Waals surface area contributed by atoms with E-state index >= 15 is 0 Å². The molecule has 3 nitrogen and oxygen atoms in total. The Morgan fingerprint density at radius 3 is 2.95 bits per heavy atom. The third-order valence-corrected chi connectivity index (χ3v) is 4.46. The fourth-order valence-electron chi connectivity index (χ4n) is 2.30. The van der Waals surface area contributed by atoms with Crippen LogP contribution in [-0.2, 0) is 6.54 Å². The van der Waals surface area contributed by atoms with E-state index in [2.05, 4.69) is 41.5 Å². The van der Waals surface area contributed by atoms with Crippen molar-refractivity contribution in [3.63, 3.8) is 0 Å². The molecule has 1 saturated carbocycles. The molecule has 0 aromatic carbocycles. The van der Waals surface area contributed by atoms with Crippen molar-refractivity contribution in [2.75, 3.05) is 24.0 Å². The van der Waals surface area contributed by atoms with Gasteiger partial charge in [0.05, 0.1) is 0 Å². The molecule has 0 spiro atoms. The van der Waals surface area contributed by atoms with Crippen LogP contribution in [0.4, 0.5) is 5.82 Å². The summed E-state index contributed by atoms with van der Waals surface area (Å²) in [6, 6.07) is 5.53. The van der Waals surface area contributed by atoms with Crippen LogP contribution < -0.4 is 10.2 Å². The van der Waals surface area contributed by atoms with E-state index in [1.807, 2.05) is 24.0 Å². The third-order valence-electron chi connectivity index (χ3n) is 3.74. The van der Waals surface area contributed by atoms with Crippen molar-refractivity contribution in [3.05, 3.63) is 23.9 Å². The summed E-state index contributed by atoms with van der Waals surface area (Å²) in [5.74, 6) is 2.29. The molecule has 1 aliphatic carbocycles. The highest BCUT2D eigenvalue weighted by Crippen LogP contribution is 2.23. The third kappa shape index (κ3) is 4.11. The molecule has 106 valence electrons. The molecule has 1 aliphatic rings. The number of rotatable bonds is 8. The number of anilines is 1. The molecule has 1 atom stereocenters. The van der Waals surface area contributed by atoms with Crippen molar-refractivity contribution < 1.29 is 0 Å². The summed E-state index contributed by atoms with van der Waals surface area (Å²) < 4.78 is 0. The minimum absolute atomic E-state index is 0.560. The van der Waals surface area contributed by atoms with Crippen LogP contribution in [0.2, 0.25) is 0 Å². The topological polar surface area (TPSA) is 28.2 Å². The van der Waals surface area contributed by atoms with Crippen LogP contribution in [0.5, 0.6) is 0 Å². The SMILES string of the molecule is CCC(CSC)N(C)c1ncccc1CNC1CC1. The number of hydrogen-bond donors (Lipinski definition) is 1. The van der Waals surface area contributed by atoms with E-state index in [1.54, 1.807) is 0 Å². The summed E-state index contributed by atoms with van der Waals surface area (Å²) in [6.07, 6.45) is 7.89. The summed E-state index contributed by atoms with van der Waals surface area (Å²) >= 11 is 1.91. The van der Waals surface area contributed by atoms with Crippen LogP contribution in [0.25, 0.3) is 0 Å². The maximum absolute atomic E-state index is 4.60. The molecule has 0 amide bonds. The van der Waals surface area contributed by atoms with Crippen molar-refractivity contribution in [2.24, 2.45) is 0 Å². The zero-order chi connectivity index (χ0) is 13.7. The molecule has 0 saturated heterocycles. The number of thioether (sulfide) groups is 1. The first-order valence-corrected chi connectivity index (χ1v) is 8.54. The van der Waals surface area contributed by atoms with Crippen molar-refractivity contribution >= 4 is 17.6 Å². The van der Waals surface area contributed by atoms with Gasteiger partial charge in [-0.3, -0.25) is 0 Å². The normalized spacial score (nSPS) is 16.4. The lowest BCUT2D eigenvalue weighted by Gasteiger charge is -2.29. The highest BCUT2D eigenvalue weighted by atomic mass is 32.2. The Kier molecular flexibility index (Phi) is 5.52. The Balaban J connectivity index is 2.07. The summed E-state index contributed by atoms with van der Waals surface area (Å²) in [4.78, 5) is 6.95. The zero-order valence-electron chi connectivity index (χ0n) is 12.2. The number of nitrogens with one attached hydrogen (secondary N) is 1. The molecule has 1 aromatic heterocycles. The van der Waals surface area contributed by atoms with Gasteiger partial charge in [-0.25, -0.2) is 4.98 Å². The molecular formula is C15H25N3S. The molecule has 1 fully saturated rings. The first-order valence-electron chi connectivity index (χ1n) is 7.15. The van der Waals surface area contributed by atoms with Crippen LogP contribution in [-0.4, -0.2) is 36.1 Å². The molecule has 19 heavy (non-hydrogen) atoms. The highest BCUT2D eigenvalue weighted by Gasteiger charge is 2.22. The van der Waals surface area contributed by atoms with Crippen molar-refractivity contribution in [3.8, 4) is 0 Å². The van der Waals surface area contributed by atoms with Crippen molar-refractivity contribution in [2.45, 2.75) is 44.8 Å². The minimum Gasteiger partial charge on any atom is -0.356 e. The molecule has 1 N–H and O–H groups in total. The predicted octanol–water partition coefficient (Wildman–Crippen LogP) is 2.91. The molecule has 1 aromatic rings. The van der Waals surface area contributed by atoms with Crippen molar-refractivity contribution in [1.82, 2.24) is 10.3 Å². The first kappa shape index (κ1) is 14.7. The molecule has 2 rings (SSSR count). The van der Waals surface area contributed by atoms with Gasteiger partial charge in [0.15, 0.2) is 0 Å². The summed E-state index contributed by atoms with van der Waals surface area (Å²) in [5, 5.41) is 3.59. The first-order chi connectivity index (χ1) is 9.26. The second-order valence-corrected chi connectivity index (χ2v) is 6.18. The second kappa shape index (κ2) is 7.15. The van der Waals surface area contributed by atoms with Crippen LogP contribution in [0, 0.1) is 0 Å². The highest BCUT2D eigenvalue weighted by molar-refractivity contribution is 7.98. The monoisotopic (exact) mass is 279 g/mol. The Hall–Kier alpha value is -0.740. The zero-order valence-corrected chi connectivity index (χ0v) is 13.0. The molecule has 0 radical (unpaired) electrons. The molecule has 1 unspecified atom stereocenters. The average molecular weight is 279 g/mol. The van der Waals surface area contributed by atoms with Gasteiger partial charge < -0.3 is 10.2 Å². The van der Waals surface area contributed by atoms with E-state index in [4.69, 9.17) is 0 Å². The predicted molar refractivity (Wildman–Crippen MR) is 85.0 cm³/mol. The largest absolute Gasteiger partial charge is 0.356 e. The smallest absolute Gasteiger partial charge is 0.133 e. The van der Waals surface area contributed by atoms with Gasteiger partial charge in [0.1, 0.15) is 5.82 Å². The average Bonchev–Trinajstić information content (AvgIpc) is 3.26. The number of pyridine rings is 1. The van der Waals surface area contributed by atoms with E-state index in [-0.39, 0.29) is 0 Å². The fraction of sp³-hybridized carbons (Fsp3) is 0.667. The van der Waals surface area contributed by atoms with Gasteiger partial charge in [0.2, 0.25) is 0 Å². The van der Waals surface area contributed by atoms with E-state index in [9.17, 15) is 0 Å². The summed E-state index contributed by atoms with van der Waals surface area (Å²) in [6.45, 7) is 3.19. The van der Waals surface area contributed by atoms with Gasteiger partial charge in [0, 0.05) is 43.2 Å². The maximum atomic E-state index is 4.60. The van der Waals surface area contributed by atoms with Crippen LogP contribution in [0.15, 0.2) is 18.3 Å². The Morgan fingerprint density at radius 1 is 1.53 bits per heavy atom. The van der Waals surface area contributed by atoms with Crippen molar-refractivity contribution in [1.29, 1.82) is 0 Å². The van der Waals surface area contributed by atoms with Crippen LogP contribution >= 0.6 is 11.8 Å². The van der Waals surface area contributed by atoms with Crippen LogP contribution in [0.3, 0.4) is 0 Å². The van der Waals surface area contributed by atoms with E-state index in [0.29, 0.717) is 6.04 Å². The molecule has 0 bridgehead atoms. The molecule has 4 heteroatoms. The Morgan fingerprint density at radius 2 is 2.32 bits per heavy atom. The van der Waals surface area contributed by atoms with Crippen LogP contribution in [0.1, 0.15) is 31.7 Å².